The summed E-state index contributed by atoms with van der Waals surface area (Å²) in [6.45, 7) is 5.01. The van der Waals surface area contributed by atoms with Gasteiger partial charge in [-0.15, -0.1) is 0 Å². The lowest BCUT2D eigenvalue weighted by Crippen LogP contribution is -2.45. The van der Waals surface area contributed by atoms with Gasteiger partial charge in [-0.05, 0) is 51.4 Å². The molecule has 0 fully saturated rings. The first-order valence-electron chi connectivity index (χ1n) is 38.9. The van der Waals surface area contributed by atoms with Gasteiger partial charge in [0.2, 0.25) is 5.91 Å². The predicted octanol–water partition coefficient (Wildman–Crippen LogP) is 25.5. The van der Waals surface area contributed by atoms with Crippen LogP contribution in [0.3, 0.4) is 0 Å². The van der Waals surface area contributed by atoms with Crippen LogP contribution in [-0.4, -0.2) is 47.4 Å². The lowest BCUT2D eigenvalue weighted by Gasteiger charge is -2.22. The van der Waals surface area contributed by atoms with Gasteiger partial charge in [0, 0.05) is 12.8 Å². The Morgan fingerprint density at radius 2 is 0.560 bits per heavy atom. The van der Waals surface area contributed by atoms with E-state index in [9.17, 15) is 19.8 Å². The third-order valence-electron chi connectivity index (χ3n) is 18.6. The van der Waals surface area contributed by atoms with E-state index < -0.39 is 12.1 Å². The molecule has 0 radical (unpaired) electrons. The number of aliphatic hydroxyl groups excluding tert-OH is 2. The Kier molecular flexibility index (Phi) is 72.8. The van der Waals surface area contributed by atoms with Crippen LogP contribution in [0, 0.1) is 0 Å². The summed E-state index contributed by atoms with van der Waals surface area (Å²) in [6.07, 6.45) is 92.9. The van der Waals surface area contributed by atoms with Crippen molar-refractivity contribution in [2.24, 2.45) is 0 Å². The van der Waals surface area contributed by atoms with Gasteiger partial charge in [-0.25, -0.2) is 0 Å². The summed E-state index contributed by atoms with van der Waals surface area (Å²) in [5.41, 5.74) is 0. The number of rotatable bonds is 74. The van der Waals surface area contributed by atoms with Gasteiger partial charge in [0.1, 0.15) is 0 Å². The van der Waals surface area contributed by atoms with Crippen LogP contribution in [0.25, 0.3) is 0 Å². The van der Waals surface area contributed by atoms with Gasteiger partial charge in [-0.3, -0.25) is 9.59 Å². The first kappa shape index (κ1) is 82.6. The van der Waals surface area contributed by atoms with E-state index in [1.54, 1.807) is 0 Å². The average molecular weight is 1190 g/mol. The fourth-order valence-corrected chi connectivity index (χ4v) is 12.6. The monoisotopic (exact) mass is 1180 g/mol. The fraction of sp³-hybridized carbons (Fsp3) is 0.949. The number of amides is 1. The number of carbonyl (C=O) groups excluding carboxylic acids is 2. The maximum absolute atomic E-state index is 12.6. The molecular formula is C78H153NO5. The maximum Gasteiger partial charge on any atom is 0.305 e. The molecule has 3 N–H and O–H groups in total. The van der Waals surface area contributed by atoms with Crippen LogP contribution in [0.4, 0.5) is 0 Å². The SMILES string of the molecule is CCCCCCCCCCCCCCCCCCCCCCCCC(O)C(CO)NC(=O)CCCCCCCCCCCCCCC/C=C\CCCCCCCCCCCCCCOC(=O)CCCCCCCCCCCCCCCCCC. The second-order valence-electron chi connectivity index (χ2n) is 27.0. The third kappa shape index (κ3) is 69.7. The van der Waals surface area contributed by atoms with Crippen LogP contribution in [0.1, 0.15) is 450 Å². The molecule has 6 heteroatoms. The van der Waals surface area contributed by atoms with Crippen LogP contribution in [0.5, 0.6) is 0 Å². The number of hydrogen-bond donors (Lipinski definition) is 3. The van der Waals surface area contributed by atoms with Gasteiger partial charge >= 0.3 is 5.97 Å². The molecule has 0 saturated carbocycles. The van der Waals surface area contributed by atoms with Crippen molar-refractivity contribution in [2.45, 2.75) is 463 Å². The fourth-order valence-electron chi connectivity index (χ4n) is 12.6. The van der Waals surface area contributed by atoms with E-state index in [1.807, 2.05) is 0 Å². The molecule has 1 amide bonds. The molecule has 84 heavy (non-hydrogen) atoms. The summed E-state index contributed by atoms with van der Waals surface area (Å²) < 4.78 is 5.51. The number of allylic oxidation sites excluding steroid dienone is 2. The number of carbonyl (C=O) groups is 2. The molecule has 0 aromatic rings. The lowest BCUT2D eigenvalue weighted by atomic mass is 10.0. The standard InChI is InChI=1S/C78H153NO5/c1-3-5-7-9-11-13-15-17-19-21-22-23-33-36-39-42-46-50-54-58-62-66-70-76(81)75(74-80)79-77(82)71-67-63-59-55-51-47-43-40-37-34-31-29-27-25-24-26-28-30-32-35-38-41-45-49-53-57-61-65-69-73-84-78(83)72-68-64-60-56-52-48-44-20-18-16-14-12-10-8-6-4-2/h24,26,75-76,80-81H,3-23,25,27-74H2,1-2H3,(H,79,82)/b26-24-. The zero-order chi connectivity index (χ0) is 60.6. The minimum absolute atomic E-state index is 0.0213. The van der Waals surface area contributed by atoms with Crippen molar-refractivity contribution in [2.75, 3.05) is 13.2 Å². The molecule has 0 saturated heterocycles. The molecule has 0 aliphatic heterocycles. The van der Waals surface area contributed by atoms with E-state index in [-0.39, 0.29) is 18.5 Å². The van der Waals surface area contributed by atoms with E-state index >= 15 is 0 Å². The summed E-state index contributed by atoms with van der Waals surface area (Å²) in [7, 11) is 0. The molecule has 0 spiro atoms. The molecule has 0 bridgehead atoms. The molecule has 2 atom stereocenters. The van der Waals surface area contributed by atoms with Crippen molar-refractivity contribution in [1.82, 2.24) is 5.32 Å². The molecule has 500 valence electrons. The van der Waals surface area contributed by atoms with Crippen molar-refractivity contribution in [3.8, 4) is 0 Å². The topological polar surface area (TPSA) is 95.9 Å². The van der Waals surface area contributed by atoms with Gasteiger partial charge in [0.15, 0.2) is 0 Å². The van der Waals surface area contributed by atoms with Crippen LogP contribution in [0.15, 0.2) is 12.2 Å². The summed E-state index contributed by atoms with van der Waals surface area (Å²) in [5, 5.41) is 23.5. The Bertz CT molecular complexity index is 1270. The molecule has 0 aliphatic carbocycles. The second kappa shape index (κ2) is 74.1. The highest BCUT2D eigenvalue weighted by Gasteiger charge is 2.20. The number of aliphatic hydroxyl groups is 2. The Morgan fingerprint density at radius 1 is 0.321 bits per heavy atom. The van der Waals surface area contributed by atoms with Gasteiger partial charge in [0.05, 0.1) is 25.4 Å². The predicted molar refractivity (Wildman–Crippen MR) is 370 cm³/mol. The molecule has 0 aliphatic rings. The summed E-state index contributed by atoms with van der Waals surface area (Å²) in [5.74, 6) is -0.00714. The van der Waals surface area contributed by atoms with Crippen LogP contribution in [-0.2, 0) is 14.3 Å². The van der Waals surface area contributed by atoms with Gasteiger partial charge in [-0.2, -0.15) is 0 Å². The van der Waals surface area contributed by atoms with Crippen molar-refractivity contribution in [3.05, 3.63) is 12.2 Å². The van der Waals surface area contributed by atoms with Crippen molar-refractivity contribution in [1.29, 1.82) is 0 Å². The number of hydrogen-bond acceptors (Lipinski definition) is 5. The zero-order valence-electron chi connectivity index (χ0n) is 57.4. The van der Waals surface area contributed by atoms with E-state index in [0.717, 1.165) is 38.5 Å². The van der Waals surface area contributed by atoms with Crippen molar-refractivity contribution < 1.29 is 24.5 Å². The largest absolute Gasteiger partial charge is 0.466 e. The zero-order valence-corrected chi connectivity index (χ0v) is 57.4. The number of nitrogens with one attached hydrogen (secondary N) is 1. The molecule has 0 rings (SSSR count). The van der Waals surface area contributed by atoms with E-state index in [0.29, 0.717) is 25.9 Å². The Labute approximate surface area is 527 Å². The number of unbranched alkanes of at least 4 members (excludes halogenated alkanes) is 61. The Balaban J connectivity index is 3.36. The number of esters is 1. The first-order valence-corrected chi connectivity index (χ1v) is 38.9. The van der Waals surface area contributed by atoms with Gasteiger partial charge in [0.25, 0.3) is 0 Å². The van der Waals surface area contributed by atoms with Gasteiger partial charge < -0.3 is 20.3 Å². The molecule has 6 nitrogen and oxygen atoms in total. The Morgan fingerprint density at radius 3 is 0.845 bits per heavy atom. The van der Waals surface area contributed by atoms with Crippen LogP contribution >= 0.6 is 0 Å². The van der Waals surface area contributed by atoms with E-state index in [2.05, 4.69) is 31.3 Å². The van der Waals surface area contributed by atoms with Crippen molar-refractivity contribution in [3.63, 3.8) is 0 Å². The average Bonchev–Trinajstić information content (AvgIpc) is 3.51. The minimum atomic E-state index is -0.664. The molecule has 0 aromatic carbocycles. The Hall–Kier alpha value is -1.40. The maximum atomic E-state index is 12.6. The molecule has 0 heterocycles. The smallest absolute Gasteiger partial charge is 0.305 e. The van der Waals surface area contributed by atoms with E-state index in [1.165, 1.54) is 379 Å². The third-order valence-corrected chi connectivity index (χ3v) is 18.6. The van der Waals surface area contributed by atoms with Crippen LogP contribution in [0.2, 0.25) is 0 Å². The lowest BCUT2D eigenvalue weighted by molar-refractivity contribution is -0.143. The molecule has 2 unspecified atom stereocenters. The van der Waals surface area contributed by atoms with Gasteiger partial charge in [-0.1, -0.05) is 398 Å². The number of ether oxygens (including phenoxy) is 1. The highest BCUT2D eigenvalue weighted by Crippen LogP contribution is 2.20. The van der Waals surface area contributed by atoms with E-state index in [4.69, 9.17) is 4.74 Å². The second-order valence-corrected chi connectivity index (χ2v) is 27.0. The quantitative estimate of drug-likeness (QED) is 0.0320. The summed E-state index contributed by atoms with van der Waals surface area (Å²) in [4.78, 5) is 24.7. The van der Waals surface area contributed by atoms with Crippen LogP contribution < -0.4 is 5.32 Å². The first-order chi connectivity index (χ1) is 41.5. The van der Waals surface area contributed by atoms with Crippen molar-refractivity contribution >= 4 is 11.9 Å². The molecule has 0 aromatic heterocycles. The highest BCUT2D eigenvalue weighted by atomic mass is 16.5. The minimum Gasteiger partial charge on any atom is -0.466 e. The summed E-state index contributed by atoms with van der Waals surface area (Å²) >= 11 is 0. The normalized spacial score (nSPS) is 12.5. The highest BCUT2D eigenvalue weighted by molar-refractivity contribution is 5.76. The summed E-state index contributed by atoms with van der Waals surface area (Å²) in [6, 6.07) is -0.541. The molecular weight excluding hydrogens is 1030 g/mol.